The monoisotopic (exact) mass is 362 g/mol. The Morgan fingerprint density at radius 1 is 1.00 bits per heavy atom. The van der Waals surface area contributed by atoms with Crippen molar-refractivity contribution in [2.75, 3.05) is 23.3 Å². The van der Waals surface area contributed by atoms with Crippen molar-refractivity contribution in [1.29, 1.82) is 0 Å². The molecular formula is C22H26N4O. The molecule has 3 N–H and O–H groups in total. The number of nitrogens with one attached hydrogen (secondary N) is 1. The summed E-state index contributed by atoms with van der Waals surface area (Å²) in [5, 5.41) is 3.20. The molecule has 2 aliphatic rings. The highest BCUT2D eigenvalue weighted by molar-refractivity contribution is 5.99. The van der Waals surface area contributed by atoms with Crippen molar-refractivity contribution in [1.82, 2.24) is 0 Å². The first-order chi connectivity index (χ1) is 13.2. The first-order valence-corrected chi connectivity index (χ1v) is 9.78. The topological polar surface area (TPSA) is 70.7 Å². The van der Waals surface area contributed by atoms with Gasteiger partial charge in [-0.3, -0.25) is 4.79 Å². The molecule has 1 amide bonds. The first kappa shape index (κ1) is 17.6. The Hall–Kier alpha value is -2.82. The van der Waals surface area contributed by atoms with Gasteiger partial charge in [-0.1, -0.05) is 30.3 Å². The maximum Gasteiger partial charge on any atom is 0.248 e. The van der Waals surface area contributed by atoms with Crippen molar-refractivity contribution in [3.05, 3.63) is 59.2 Å². The molecule has 2 aromatic carbocycles. The van der Waals surface area contributed by atoms with Crippen molar-refractivity contribution in [3.8, 4) is 0 Å². The van der Waals surface area contributed by atoms with Gasteiger partial charge in [0.15, 0.2) is 5.96 Å². The molecule has 0 spiro atoms. The van der Waals surface area contributed by atoms with Gasteiger partial charge in [0.25, 0.3) is 0 Å². The molecule has 2 aromatic rings. The maximum atomic E-state index is 12.7. The van der Waals surface area contributed by atoms with Crippen LogP contribution >= 0.6 is 0 Å². The largest absolute Gasteiger partial charge is 0.370 e. The van der Waals surface area contributed by atoms with Crippen molar-refractivity contribution in [2.45, 2.75) is 38.5 Å². The quantitative estimate of drug-likeness (QED) is 0.650. The number of amides is 1. The number of carbonyl (C=O) groups is 1. The summed E-state index contributed by atoms with van der Waals surface area (Å²) in [6.07, 6.45) is 6.63. The van der Waals surface area contributed by atoms with Crippen LogP contribution in [0.3, 0.4) is 0 Å². The molecule has 0 bridgehead atoms. The lowest BCUT2D eigenvalue weighted by atomic mass is 9.90. The third kappa shape index (κ3) is 3.82. The molecule has 1 aliphatic carbocycles. The molecule has 0 fully saturated rings. The van der Waals surface area contributed by atoms with Crippen LogP contribution in [0.2, 0.25) is 0 Å². The summed E-state index contributed by atoms with van der Waals surface area (Å²) in [6.45, 7) is 0.799. The fourth-order valence-corrected chi connectivity index (χ4v) is 4.11. The number of aliphatic imine (C=N–C) groups is 1. The second-order valence-corrected chi connectivity index (χ2v) is 7.25. The second-order valence-electron chi connectivity index (χ2n) is 7.25. The highest BCUT2D eigenvalue weighted by Crippen LogP contribution is 2.28. The lowest BCUT2D eigenvalue weighted by Gasteiger charge is -2.29. The standard InChI is InChI=1S/C22H26N4O/c23-22(25-19-12-5-9-16-7-1-3-11-18(16)19)24-15-21(27)26-14-6-10-17-8-2-4-13-20(17)26/h2,4-5,8-9,12-13H,1,3,6-7,10-11,14-15H2,(H3,23,24,25). The third-order valence-electron chi connectivity index (χ3n) is 5.45. The summed E-state index contributed by atoms with van der Waals surface area (Å²) in [4.78, 5) is 18.8. The van der Waals surface area contributed by atoms with E-state index in [2.05, 4.69) is 28.5 Å². The zero-order valence-electron chi connectivity index (χ0n) is 15.6. The van der Waals surface area contributed by atoms with Crippen molar-refractivity contribution in [2.24, 2.45) is 10.7 Å². The average molecular weight is 362 g/mol. The minimum Gasteiger partial charge on any atom is -0.370 e. The van der Waals surface area contributed by atoms with E-state index in [1.54, 1.807) is 0 Å². The minimum atomic E-state index is -0.0120. The van der Waals surface area contributed by atoms with Gasteiger partial charge in [-0.05, 0) is 67.3 Å². The molecule has 0 radical (unpaired) electrons. The predicted octanol–water partition coefficient (Wildman–Crippen LogP) is 3.27. The number of guanidine groups is 1. The van der Waals surface area contributed by atoms with Gasteiger partial charge in [0.2, 0.25) is 5.91 Å². The predicted molar refractivity (Wildman–Crippen MR) is 110 cm³/mol. The molecule has 1 heterocycles. The summed E-state index contributed by atoms with van der Waals surface area (Å²) in [7, 11) is 0. The number of rotatable bonds is 3. The van der Waals surface area contributed by atoms with Gasteiger partial charge in [-0.2, -0.15) is 0 Å². The number of nitrogens with two attached hydrogens (primary N) is 1. The van der Waals surface area contributed by atoms with Crippen LogP contribution < -0.4 is 16.0 Å². The van der Waals surface area contributed by atoms with Crippen molar-refractivity contribution >= 4 is 23.2 Å². The molecule has 0 aromatic heterocycles. The Bertz CT molecular complexity index is 874. The minimum absolute atomic E-state index is 0.0120. The Kier molecular flexibility index (Phi) is 5.10. The smallest absolute Gasteiger partial charge is 0.248 e. The maximum absolute atomic E-state index is 12.7. The highest BCUT2D eigenvalue weighted by atomic mass is 16.2. The summed E-state index contributed by atoms with van der Waals surface area (Å²) < 4.78 is 0. The molecule has 0 saturated carbocycles. The molecule has 0 atom stereocenters. The molecule has 5 nitrogen and oxygen atoms in total. The van der Waals surface area contributed by atoms with E-state index in [1.807, 2.05) is 29.2 Å². The SMILES string of the molecule is NC(=NCC(=O)N1CCCc2ccccc21)Nc1cccc2c1CCCC2. The zero-order chi connectivity index (χ0) is 18.6. The van der Waals surface area contributed by atoms with Crippen LogP contribution in [0.5, 0.6) is 0 Å². The lowest BCUT2D eigenvalue weighted by molar-refractivity contribution is -0.117. The van der Waals surface area contributed by atoms with E-state index in [0.29, 0.717) is 5.96 Å². The number of para-hydroxylation sites is 1. The summed E-state index contributed by atoms with van der Waals surface area (Å²) in [5.41, 5.74) is 12.0. The molecule has 1 aliphatic heterocycles. The number of anilines is 2. The van der Waals surface area contributed by atoms with Crippen LogP contribution in [0.25, 0.3) is 0 Å². The summed E-state index contributed by atoms with van der Waals surface area (Å²) >= 11 is 0. The molecular weight excluding hydrogens is 336 g/mol. The van der Waals surface area contributed by atoms with Crippen LogP contribution in [-0.4, -0.2) is 25.0 Å². The van der Waals surface area contributed by atoms with Gasteiger partial charge >= 0.3 is 0 Å². The van der Waals surface area contributed by atoms with E-state index in [0.717, 1.165) is 43.6 Å². The van der Waals surface area contributed by atoms with Gasteiger partial charge in [-0.15, -0.1) is 0 Å². The van der Waals surface area contributed by atoms with Gasteiger partial charge in [0.1, 0.15) is 6.54 Å². The van der Waals surface area contributed by atoms with E-state index >= 15 is 0 Å². The van der Waals surface area contributed by atoms with Gasteiger partial charge in [-0.25, -0.2) is 4.99 Å². The van der Waals surface area contributed by atoms with Crippen LogP contribution in [0.4, 0.5) is 11.4 Å². The fraction of sp³-hybridized carbons (Fsp3) is 0.364. The van der Waals surface area contributed by atoms with E-state index in [-0.39, 0.29) is 12.5 Å². The van der Waals surface area contributed by atoms with Crippen LogP contribution in [0.1, 0.15) is 36.0 Å². The zero-order valence-corrected chi connectivity index (χ0v) is 15.6. The molecule has 140 valence electrons. The molecule has 4 rings (SSSR count). The number of hydrogen-bond acceptors (Lipinski definition) is 2. The number of nitrogens with zero attached hydrogens (tertiary/aromatic N) is 2. The number of aryl methyl sites for hydroxylation is 2. The van der Waals surface area contributed by atoms with Crippen LogP contribution in [-0.2, 0) is 24.1 Å². The third-order valence-corrected chi connectivity index (χ3v) is 5.45. The number of benzene rings is 2. The first-order valence-electron chi connectivity index (χ1n) is 9.78. The molecule has 5 heteroatoms. The Morgan fingerprint density at radius 2 is 1.78 bits per heavy atom. The lowest BCUT2D eigenvalue weighted by Crippen LogP contribution is -2.37. The Balaban J connectivity index is 1.44. The Morgan fingerprint density at radius 3 is 2.70 bits per heavy atom. The van der Waals surface area contributed by atoms with E-state index in [9.17, 15) is 4.79 Å². The van der Waals surface area contributed by atoms with Crippen LogP contribution in [0.15, 0.2) is 47.5 Å². The molecule has 0 saturated heterocycles. The van der Waals surface area contributed by atoms with Crippen LogP contribution in [0, 0.1) is 0 Å². The van der Waals surface area contributed by atoms with Gasteiger partial charge < -0.3 is 16.0 Å². The molecule has 0 unspecified atom stereocenters. The number of fused-ring (bicyclic) bond motifs is 2. The van der Waals surface area contributed by atoms with Gasteiger partial charge in [0, 0.05) is 17.9 Å². The Labute approximate surface area is 160 Å². The van der Waals surface area contributed by atoms with Crippen molar-refractivity contribution in [3.63, 3.8) is 0 Å². The van der Waals surface area contributed by atoms with E-state index in [4.69, 9.17) is 5.73 Å². The number of carbonyl (C=O) groups excluding carboxylic acids is 1. The fourth-order valence-electron chi connectivity index (χ4n) is 4.11. The van der Waals surface area contributed by atoms with E-state index in [1.165, 1.54) is 29.5 Å². The summed E-state index contributed by atoms with van der Waals surface area (Å²) in [5.74, 6) is 0.287. The summed E-state index contributed by atoms with van der Waals surface area (Å²) in [6, 6.07) is 14.4. The average Bonchev–Trinajstić information content (AvgIpc) is 2.72. The van der Waals surface area contributed by atoms with E-state index < -0.39 is 0 Å². The van der Waals surface area contributed by atoms with Crippen molar-refractivity contribution < 1.29 is 4.79 Å². The second kappa shape index (κ2) is 7.82. The number of hydrogen-bond donors (Lipinski definition) is 2. The molecule has 27 heavy (non-hydrogen) atoms. The van der Waals surface area contributed by atoms with Gasteiger partial charge in [0.05, 0.1) is 0 Å². The normalized spacial score (nSPS) is 16.4. The highest BCUT2D eigenvalue weighted by Gasteiger charge is 2.21.